The fourth-order valence-corrected chi connectivity index (χ4v) is 3.81. The molecule has 0 bridgehead atoms. The van der Waals surface area contributed by atoms with E-state index in [4.69, 9.17) is 4.74 Å². The second kappa shape index (κ2) is 16.1. The standard InChI is InChI=1S/C25H42O4/c1-3-4-5-6-7-8-9-10-11-12-13-14-15-16-17-18-22(27)25-23(28)19-21(26)20-24(25)29-2/h19-20,26,28H,3-18H2,1-2H3. The third-order valence-corrected chi connectivity index (χ3v) is 5.57. The Hall–Kier alpha value is -1.71. The predicted octanol–water partition coefficient (Wildman–Crippen LogP) is 7.55. The number of ketones is 1. The zero-order valence-electron chi connectivity index (χ0n) is 18.7. The normalized spacial score (nSPS) is 11.0. The second-order valence-electron chi connectivity index (χ2n) is 8.17. The van der Waals surface area contributed by atoms with Gasteiger partial charge in [0, 0.05) is 18.6 Å². The van der Waals surface area contributed by atoms with Gasteiger partial charge in [-0.05, 0) is 6.42 Å². The van der Waals surface area contributed by atoms with Crippen LogP contribution in [0.25, 0.3) is 0 Å². The van der Waals surface area contributed by atoms with Crippen molar-refractivity contribution in [1.29, 1.82) is 0 Å². The number of aromatic hydroxyl groups is 2. The van der Waals surface area contributed by atoms with Crippen LogP contribution in [-0.2, 0) is 0 Å². The van der Waals surface area contributed by atoms with Crippen LogP contribution in [0.15, 0.2) is 12.1 Å². The van der Waals surface area contributed by atoms with Crippen LogP contribution in [0, 0.1) is 0 Å². The fraction of sp³-hybridized carbons (Fsp3) is 0.720. The summed E-state index contributed by atoms with van der Waals surface area (Å²) in [5, 5.41) is 19.4. The molecule has 1 aromatic rings. The molecule has 4 heteroatoms. The molecule has 0 atom stereocenters. The van der Waals surface area contributed by atoms with E-state index in [1.807, 2.05) is 0 Å². The van der Waals surface area contributed by atoms with Crippen molar-refractivity contribution in [2.45, 2.75) is 110 Å². The average Bonchev–Trinajstić information content (AvgIpc) is 2.70. The van der Waals surface area contributed by atoms with E-state index in [0.717, 1.165) is 19.3 Å². The van der Waals surface area contributed by atoms with E-state index >= 15 is 0 Å². The van der Waals surface area contributed by atoms with Crippen molar-refractivity contribution in [1.82, 2.24) is 0 Å². The van der Waals surface area contributed by atoms with Gasteiger partial charge in [0.25, 0.3) is 0 Å². The van der Waals surface area contributed by atoms with Crippen molar-refractivity contribution in [3.05, 3.63) is 17.7 Å². The maximum atomic E-state index is 12.4. The minimum Gasteiger partial charge on any atom is -0.508 e. The lowest BCUT2D eigenvalue weighted by Crippen LogP contribution is -2.03. The molecule has 0 aliphatic carbocycles. The van der Waals surface area contributed by atoms with Gasteiger partial charge in [0.05, 0.1) is 7.11 Å². The molecule has 0 fully saturated rings. The van der Waals surface area contributed by atoms with Crippen LogP contribution >= 0.6 is 0 Å². The van der Waals surface area contributed by atoms with Crippen LogP contribution in [-0.4, -0.2) is 23.1 Å². The molecule has 0 saturated heterocycles. The highest BCUT2D eigenvalue weighted by Gasteiger charge is 2.18. The van der Waals surface area contributed by atoms with E-state index in [2.05, 4.69) is 6.92 Å². The van der Waals surface area contributed by atoms with Crippen LogP contribution in [0.5, 0.6) is 17.2 Å². The highest BCUT2D eigenvalue weighted by Crippen LogP contribution is 2.34. The number of carbonyl (C=O) groups excluding carboxylic acids is 1. The predicted molar refractivity (Wildman–Crippen MR) is 120 cm³/mol. The number of rotatable bonds is 18. The zero-order chi connectivity index (χ0) is 21.3. The molecule has 166 valence electrons. The van der Waals surface area contributed by atoms with Gasteiger partial charge in [0.1, 0.15) is 22.8 Å². The number of carbonyl (C=O) groups is 1. The van der Waals surface area contributed by atoms with Crippen molar-refractivity contribution in [3.8, 4) is 17.2 Å². The molecule has 0 aliphatic rings. The molecule has 0 amide bonds. The van der Waals surface area contributed by atoms with Crippen molar-refractivity contribution in [3.63, 3.8) is 0 Å². The zero-order valence-corrected chi connectivity index (χ0v) is 18.7. The van der Waals surface area contributed by atoms with Crippen LogP contribution < -0.4 is 4.74 Å². The van der Waals surface area contributed by atoms with Crippen molar-refractivity contribution in [2.24, 2.45) is 0 Å². The van der Waals surface area contributed by atoms with Gasteiger partial charge in [0.2, 0.25) is 0 Å². The number of ether oxygens (including phenoxy) is 1. The Balaban J connectivity index is 2.01. The van der Waals surface area contributed by atoms with Crippen LogP contribution in [0.4, 0.5) is 0 Å². The smallest absolute Gasteiger partial charge is 0.170 e. The molecular formula is C25H42O4. The van der Waals surface area contributed by atoms with Crippen molar-refractivity contribution in [2.75, 3.05) is 7.11 Å². The van der Waals surface area contributed by atoms with E-state index in [9.17, 15) is 15.0 Å². The van der Waals surface area contributed by atoms with Gasteiger partial charge in [0.15, 0.2) is 5.78 Å². The van der Waals surface area contributed by atoms with Gasteiger partial charge >= 0.3 is 0 Å². The minimum atomic E-state index is -0.215. The summed E-state index contributed by atoms with van der Waals surface area (Å²) in [6.45, 7) is 2.26. The molecule has 0 aromatic heterocycles. The van der Waals surface area contributed by atoms with Gasteiger partial charge in [-0.2, -0.15) is 0 Å². The summed E-state index contributed by atoms with van der Waals surface area (Å²) < 4.78 is 5.12. The highest BCUT2D eigenvalue weighted by atomic mass is 16.5. The third-order valence-electron chi connectivity index (χ3n) is 5.57. The molecule has 1 aromatic carbocycles. The molecule has 0 heterocycles. The molecule has 0 aliphatic heterocycles. The Labute approximate surface area is 177 Å². The number of hydrogen-bond donors (Lipinski definition) is 2. The summed E-state index contributed by atoms with van der Waals surface area (Å²) in [5.41, 5.74) is 0.177. The van der Waals surface area contributed by atoms with E-state index in [1.54, 1.807) is 0 Å². The van der Waals surface area contributed by atoms with E-state index < -0.39 is 0 Å². The number of Topliss-reactive ketones (excluding diaryl/α,β-unsaturated/α-hetero) is 1. The number of unbranched alkanes of at least 4 members (excludes halogenated alkanes) is 14. The summed E-state index contributed by atoms with van der Waals surface area (Å²) in [5.74, 6) is -0.224. The highest BCUT2D eigenvalue weighted by molar-refractivity contribution is 6.01. The van der Waals surface area contributed by atoms with Gasteiger partial charge in [-0.1, -0.05) is 96.8 Å². The number of hydrogen-bond acceptors (Lipinski definition) is 4. The Morgan fingerprint density at radius 1 is 0.759 bits per heavy atom. The van der Waals surface area contributed by atoms with E-state index in [1.165, 1.54) is 96.3 Å². The maximum Gasteiger partial charge on any atom is 0.170 e. The monoisotopic (exact) mass is 406 g/mol. The van der Waals surface area contributed by atoms with Gasteiger partial charge in [-0.25, -0.2) is 0 Å². The molecule has 29 heavy (non-hydrogen) atoms. The van der Waals surface area contributed by atoms with Crippen molar-refractivity contribution < 1.29 is 19.7 Å². The number of phenols is 2. The van der Waals surface area contributed by atoms with E-state index in [-0.39, 0.29) is 28.6 Å². The molecule has 1 rings (SSSR count). The van der Waals surface area contributed by atoms with Gasteiger partial charge in [-0.15, -0.1) is 0 Å². The molecule has 0 radical (unpaired) electrons. The summed E-state index contributed by atoms with van der Waals surface area (Å²) in [6.07, 6.45) is 19.7. The Bertz CT molecular complexity index is 568. The lowest BCUT2D eigenvalue weighted by molar-refractivity contribution is 0.0973. The van der Waals surface area contributed by atoms with Crippen LogP contribution in [0.2, 0.25) is 0 Å². The van der Waals surface area contributed by atoms with Gasteiger partial charge in [-0.3, -0.25) is 4.79 Å². The maximum absolute atomic E-state index is 12.4. The SMILES string of the molecule is CCCCCCCCCCCCCCCCCC(=O)c1c(O)cc(O)cc1OC. The molecule has 4 nitrogen and oxygen atoms in total. The fourth-order valence-electron chi connectivity index (χ4n) is 3.81. The summed E-state index contributed by atoms with van der Waals surface area (Å²) in [6, 6.07) is 2.54. The first-order valence-corrected chi connectivity index (χ1v) is 11.7. The Kier molecular flexibility index (Phi) is 14.1. The first-order chi connectivity index (χ1) is 14.1. The molecule has 0 spiro atoms. The van der Waals surface area contributed by atoms with Gasteiger partial charge < -0.3 is 14.9 Å². The summed E-state index contributed by atoms with van der Waals surface area (Å²) in [4.78, 5) is 12.4. The van der Waals surface area contributed by atoms with Crippen LogP contribution in [0.3, 0.4) is 0 Å². The van der Waals surface area contributed by atoms with Crippen molar-refractivity contribution >= 4 is 5.78 Å². The molecular weight excluding hydrogens is 364 g/mol. The lowest BCUT2D eigenvalue weighted by Gasteiger charge is -2.10. The third kappa shape index (κ3) is 11.2. The average molecular weight is 407 g/mol. The molecule has 0 saturated carbocycles. The first-order valence-electron chi connectivity index (χ1n) is 11.7. The van der Waals surface area contributed by atoms with E-state index in [0.29, 0.717) is 6.42 Å². The largest absolute Gasteiger partial charge is 0.508 e. The second-order valence-corrected chi connectivity index (χ2v) is 8.17. The summed E-state index contributed by atoms with van der Waals surface area (Å²) in [7, 11) is 1.43. The quantitative estimate of drug-likeness (QED) is 0.195. The van der Waals surface area contributed by atoms with Crippen LogP contribution in [0.1, 0.15) is 120 Å². The number of methoxy groups -OCH3 is 1. The summed E-state index contributed by atoms with van der Waals surface area (Å²) >= 11 is 0. The molecule has 2 N–H and O–H groups in total. The Morgan fingerprint density at radius 2 is 1.21 bits per heavy atom. The Morgan fingerprint density at radius 3 is 1.66 bits per heavy atom. The minimum absolute atomic E-state index is 0.108. The topological polar surface area (TPSA) is 66.8 Å². The molecule has 0 unspecified atom stereocenters. The number of benzene rings is 1. The first kappa shape index (κ1) is 25.3. The lowest BCUT2D eigenvalue weighted by atomic mass is 10.0. The number of phenolic OH excluding ortho intramolecular Hbond substituents is 2.